The zero-order valence-corrected chi connectivity index (χ0v) is 23.2. The molecule has 0 unspecified atom stereocenters. The highest BCUT2D eigenvalue weighted by Crippen LogP contribution is 2.42. The third-order valence-corrected chi connectivity index (χ3v) is 7.24. The fourth-order valence-electron chi connectivity index (χ4n) is 5.01. The van der Waals surface area contributed by atoms with Gasteiger partial charge in [-0.25, -0.2) is 19.7 Å². The zero-order valence-electron chi connectivity index (χ0n) is 23.2. The van der Waals surface area contributed by atoms with Crippen molar-refractivity contribution in [2.24, 2.45) is 5.92 Å². The Morgan fingerprint density at radius 2 is 1.92 bits per heavy atom. The number of hydrogen-bond acceptors (Lipinski definition) is 8. The first-order chi connectivity index (χ1) is 17.5. The third kappa shape index (κ3) is 5.86. The Morgan fingerprint density at radius 1 is 1.19 bits per heavy atom. The van der Waals surface area contributed by atoms with E-state index in [2.05, 4.69) is 42.9 Å². The largest absolute Gasteiger partial charge is 0.465 e. The Bertz CT molecular complexity index is 1150. The summed E-state index contributed by atoms with van der Waals surface area (Å²) in [6.07, 6.45) is 4.87. The molecule has 2 aliphatic rings. The molecule has 200 valence electrons. The second-order valence-electron chi connectivity index (χ2n) is 11.3. The summed E-state index contributed by atoms with van der Waals surface area (Å²) >= 11 is 0. The van der Waals surface area contributed by atoms with Crippen LogP contribution in [0.3, 0.4) is 0 Å². The van der Waals surface area contributed by atoms with Gasteiger partial charge in [-0.15, -0.1) is 0 Å². The van der Waals surface area contributed by atoms with Gasteiger partial charge < -0.3 is 19.9 Å². The lowest BCUT2D eigenvalue weighted by atomic mass is 9.97. The van der Waals surface area contributed by atoms with Crippen LogP contribution >= 0.6 is 0 Å². The van der Waals surface area contributed by atoms with E-state index in [1.807, 2.05) is 24.8 Å². The van der Waals surface area contributed by atoms with Crippen LogP contribution in [0.1, 0.15) is 90.7 Å². The molecule has 0 atom stereocenters. The SMILES string of the molecule is COC(=O)c1c(C)cc(N2CCN(C(=O)c3cnc(NCCC(C)C)c(C4CC4)n3)C(C)(C)C2)nc1C. The Kier molecular flexibility index (Phi) is 7.71. The van der Waals surface area contributed by atoms with Crippen molar-refractivity contribution in [2.75, 3.05) is 43.5 Å². The molecule has 0 bridgehead atoms. The molecule has 1 amide bonds. The molecule has 2 aromatic rings. The average Bonchev–Trinajstić information content (AvgIpc) is 3.67. The molecule has 9 heteroatoms. The van der Waals surface area contributed by atoms with Crippen LogP contribution in [0.25, 0.3) is 0 Å². The number of esters is 1. The van der Waals surface area contributed by atoms with Gasteiger partial charge in [0.2, 0.25) is 0 Å². The molecule has 1 saturated carbocycles. The van der Waals surface area contributed by atoms with E-state index in [0.29, 0.717) is 48.4 Å². The number of aromatic nitrogens is 3. The molecular weight excluding hydrogens is 468 g/mol. The summed E-state index contributed by atoms with van der Waals surface area (Å²) in [5, 5.41) is 3.43. The Balaban J connectivity index is 1.50. The number of amides is 1. The number of nitrogens with one attached hydrogen (secondary N) is 1. The van der Waals surface area contributed by atoms with Gasteiger partial charge in [0.1, 0.15) is 17.3 Å². The number of nitrogens with zero attached hydrogens (tertiary/aromatic N) is 5. The highest BCUT2D eigenvalue weighted by Gasteiger charge is 2.39. The van der Waals surface area contributed by atoms with Crippen molar-refractivity contribution in [2.45, 2.75) is 72.3 Å². The monoisotopic (exact) mass is 508 g/mol. The fourth-order valence-corrected chi connectivity index (χ4v) is 5.01. The maximum Gasteiger partial charge on any atom is 0.339 e. The van der Waals surface area contributed by atoms with Crippen LogP contribution in [0.15, 0.2) is 12.3 Å². The molecule has 37 heavy (non-hydrogen) atoms. The standard InChI is InChI=1S/C28H40N6O3/c1-17(2)10-11-29-25-24(20-8-9-20)32-21(15-30-25)26(35)34-13-12-33(16-28(34,5)6)22-14-18(3)23(19(4)31-22)27(36)37-7/h14-15,17,20H,8-13,16H2,1-7H3,(H,29,30). The van der Waals surface area contributed by atoms with E-state index in [1.54, 1.807) is 6.20 Å². The second kappa shape index (κ2) is 10.6. The van der Waals surface area contributed by atoms with Crippen LogP contribution in [0, 0.1) is 19.8 Å². The van der Waals surface area contributed by atoms with Crippen molar-refractivity contribution >= 4 is 23.5 Å². The number of hydrogen-bond donors (Lipinski definition) is 1. The van der Waals surface area contributed by atoms with Crippen molar-refractivity contribution in [1.29, 1.82) is 0 Å². The molecule has 2 aromatic heterocycles. The predicted molar refractivity (Wildman–Crippen MR) is 144 cm³/mol. The number of ether oxygens (including phenoxy) is 1. The first-order valence-electron chi connectivity index (χ1n) is 13.3. The van der Waals surface area contributed by atoms with Crippen LogP contribution in [-0.2, 0) is 4.74 Å². The number of carbonyl (C=O) groups excluding carboxylic acids is 2. The van der Waals surface area contributed by atoms with Crippen molar-refractivity contribution in [1.82, 2.24) is 19.9 Å². The molecule has 0 spiro atoms. The van der Waals surface area contributed by atoms with Gasteiger partial charge in [-0.1, -0.05) is 13.8 Å². The number of anilines is 2. The molecular formula is C28H40N6O3. The maximum absolute atomic E-state index is 13.6. The van der Waals surface area contributed by atoms with Gasteiger partial charge in [0.25, 0.3) is 5.91 Å². The highest BCUT2D eigenvalue weighted by molar-refractivity contribution is 5.93. The van der Waals surface area contributed by atoms with Gasteiger partial charge in [0.15, 0.2) is 0 Å². The molecule has 1 saturated heterocycles. The molecule has 4 rings (SSSR count). The number of rotatable bonds is 8. The summed E-state index contributed by atoms with van der Waals surface area (Å²) in [5.74, 6) is 2.15. The van der Waals surface area contributed by atoms with Crippen molar-refractivity contribution < 1.29 is 14.3 Å². The molecule has 2 fully saturated rings. The zero-order chi connectivity index (χ0) is 26.9. The minimum Gasteiger partial charge on any atom is -0.465 e. The molecule has 1 aliphatic carbocycles. The van der Waals surface area contributed by atoms with Crippen LogP contribution < -0.4 is 10.2 Å². The molecule has 0 radical (unpaired) electrons. The lowest BCUT2D eigenvalue weighted by Crippen LogP contribution is -2.61. The summed E-state index contributed by atoms with van der Waals surface area (Å²) in [5.41, 5.74) is 2.86. The van der Waals surface area contributed by atoms with Crippen molar-refractivity contribution in [3.8, 4) is 0 Å². The van der Waals surface area contributed by atoms with Crippen LogP contribution in [0.4, 0.5) is 11.6 Å². The van der Waals surface area contributed by atoms with Crippen LogP contribution in [0.2, 0.25) is 0 Å². The van der Waals surface area contributed by atoms with Gasteiger partial charge in [0.05, 0.1) is 35.8 Å². The van der Waals surface area contributed by atoms with Gasteiger partial charge in [0, 0.05) is 32.1 Å². The highest BCUT2D eigenvalue weighted by atomic mass is 16.5. The number of methoxy groups -OCH3 is 1. The van der Waals surface area contributed by atoms with E-state index in [9.17, 15) is 9.59 Å². The van der Waals surface area contributed by atoms with E-state index in [0.717, 1.165) is 48.7 Å². The third-order valence-electron chi connectivity index (χ3n) is 7.24. The van der Waals surface area contributed by atoms with E-state index >= 15 is 0 Å². The Labute approximate surface area is 220 Å². The second-order valence-corrected chi connectivity index (χ2v) is 11.3. The van der Waals surface area contributed by atoms with E-state index < -0.39 is 5.54 Å². The van der Waals surface area contributed by atoms with Gasteiger partial charge in [-0.3, -0.25) is 4.79 Å². The van der Waals surface area contributed by atoms with Gasteiger partial charge in [-0.2, -0.15) is 0 Å². The van der Waals surface area contributed by atoms with E-state index in [1.165, 1.54) is 7.11 Å². The van der Waals surface area contributed by atoms with Gasteiger partial charge >= 0.3 is 5.97 Å². The first-order valence-corrected chi connectivity index (χ1v) is 13.3. The molecule has 1 aliphatic heterocycles. The fraction of sp³-hybridized carbons (Fsp3) is 0.607. The summed E-state index contributed by atoms with van der Waals surface area (Å²) in [6, 6.07) is 1.92. The lowest BCUT2D eigenvalue weighted by Gasteiger charge is -2.47. The van der Waals surface area contributed by atoms with Gasteiger partial charge in [-0.05, 0) is 64.5 Å². The van der Waals surface area contributed by atoms with Crippen LogP contribution in [-0.4, -0.2) is 70.6 Å². The predicted octanol–water partition coefficient (Wildman–Crippen LogP) is 4.35. The van der Waals surface area contributed by atoms with Crippen molar-refractivity contribution in [3.05, 3.63) is 40.5 Å². The molecule has 9 nitrogen and oxygen atoms in total. The summed E-state index contributed by atoms with van der Waals surface area (Å²) < 4.78 is 4.91. The topological polar surface area (TPSA) is 101 Å². The molecule has 0 aromatic carbocycles. The number of piperazine rings is 1. The molecule has 1 N–H and O–H groups in total. The maximum atomic E-state index is 13.6. The quantitative estimate of drug-likeness (QED) is 0.525. The summed E-state index contributed by atoms with van der Waals surface area (Å²) in [4.78, 5) is 44.0. The lowest BCUT2D eigenvalue weighted by molar-refractivity contribution is 0.0505. The number of pyridine rings is 1. The summed E-state index contributed by atoms with van der Waals surface area (Å²) in [7, 11) is 1.38. The number of carbonyl (C=O) groups is 2. The Morgan fingerprint density at radius 3 is 2.51 bits per heavy atom. The summed E-state index contributed by atoms with van der Waals surface area (Å²) in [6.45, 7) is 14.9. The smallest absolute Gasteiger partial charge is 0.339 e. The van der Waals surface area contributed by atoms with E-state index in [4.69, 9.17) is 14.7 Å². The van der Waals surface area contributed by atoms with Crippen LogP contribution in [0.5, 0.6) is 0 Å². The van der Waals surface area contributed by atoms with Crippen molar-refractivity contribution in [3.63, 3.8) is 0 Å². The normalized spacial score (nSPS) is 17.2. The average molecular weight is 509 g/mol. The first kappa shape index (κ1) is 26.8. The number of aryl methyl sites for hydroxylation is 2. The Hall–Kier alpha value is -3.23. The molecule has 3 heterocycles. The van der Waals surface area contributed by atoms with E-state index in [-0.39, 0.29) is 11.9 Å². The minimum atomic E-state index is -0.449. The minimum absolute atomic E-state index is 0.0888.